The molecule has 1 amide bonds. The van der Waals surface area contributed by atoms with Crippen molar-refractivity contribution in [2.75, 3.05) is 31.6 Å². The maximum Gasteiger partial charge on any atom is 0.233 e. The van der Waals surface area contributed by atoms with E-state index in [1.807, 2.05) is 20.8 Å². The van der Waals surface area contributed by atoms with E-state index in [4.69, 9.17) is 4.74 Å². The van der Waals surface area contributed by atoms with Gasteiger partial charge < -0.3 is 15.4 Å². The lowest BCUT2D eigenvalue weighted by molar-refractivity contribution is -0.120. The SMILES string of the molecule is CCNc1nnc(SC(C)C(=O)NCCCOCC)s1. The number of aromatic nitrogens is 2. The summed E-state index contributed by atoms with van der Waals surface area (Å²) in [6, 6.07) is 0. The fourth-order valence-corrected chi connectivity index (χ4v) is 3.35. The van der Waals surface area contributed by atoms with E-state index in [2.05, 4.69) is 20.8 Å². The lowest BCUT2D eigenvalue weighted by Gasteiger charge is -2.10. The molecular formula is C12H22N4O2S2. The highest BCUT2D eigenvalue weighted by atomic mass is 32.2. The van der Waals surface area contributed by atoms with Crippen LogP contribution < -0.4 is 10.6 Å². The molecule has 1 aromatic heterocycles. The van der Waals surface area contributed by atoms with Gasteiger partial charge in [0.1, 0.15) is 0 Å². The number of carbonyl (C=O) groups excluding carboxylic acids is 1. The van der Waals surface area contributed by atoms with Crippen molar-refractivity contribution in [2.45, 2.75) is 36.8 Å². The van der Waals surface area contributed by atoms with Gasteiger partial charge in [0.05, 0.1) is 5.25 Å². The summed E-state index contributed by atoms with van der Waals surface area (Å²) in [6.07, 6.45) is 0.834. The largest absolute Gasteiger partial charge is 0.382 e. The molecule has 0 fully saturated rings. The number of rotatable bonds is 10. The molecule has 0 spiro atoms. The van der Waals surface area contributed by atoms with Crippen LogP contribution in [0.1, 0.15) is 27.2 Å². The third kappa shape index (κ3) is 6.53. The van der Waals surface area contributed by atoms with Gasteiger partial charge >= 0.3 is 0 Å². The molecule has 6 nitrogen and oxygen atoms in total. The number of nitrogens with one attached hydrogen (secondary N) is 2. The van der Waals surface area contributed by atoms with Crippen molar-refractivity contribution in [2.24, 2.45) is 0 Å². The summed E-state index contributed by atoms with van der Waals surface area (Å²) in [6.45, 7) is 8.69. The number of amides is 1. The molecule has 0 radical (unpaired) electrons. The van der Waals surface area contributed by atoms with Crippen molar-refractivity contribution >= 4 is 34.1 Å². The number of ether oxygens (including phenoxy) is 1. The van der Waals surface area contributed by atoms with E-state index >= 15 is 0 Å². The Morgan fingerprint density at radius 1 is 1.45 bits per heavy atom. The molecule has 1 atom stereocenters. The zero-order chi connectivity index (χ0) is 14.8. The third-order valence-electron chi connectivity index (χ3n) is 2.35. The first-order valence-electron chi connectivity index (χ1n) is 6.76. The van der Waals surface area contributed by atoms with Crippen LogP contribution in [0.25, 0.3) is 0 Å². The minimum atomic E-state index is -0.176. The van der Waals surface area contributed by atoms with Crippen LogP contribution in [0.4, 0.5) is 5.13 Å². The van der Waals surface area contributed by atoms with E-state index in [0.717, 1.165) is 22.4 Å². The molecule has 1 unspecified atom stereocenters. The first-order chi connectivity index (χ1) is 9.67. The minimum Gasteiger partial charge on any atom is -0.382 e. The van der Waals surface area contributed by atoms with Crippen LogP contribution in [-0.4, -0.2) is 47.7 Å². The number of anilines is 1. The Balaban J connectivity index is 2.26. The number of nitrogens with zero attached hydrogens (tertiary/aromatic N) is 2. The number of carbonyl (C=O) groups is 1. The van der Waals surface area contributed by atoms with Crippen LogP contribution in [-0.2, 0) is 9.53 Å². The molecule has 0 aliphatic rings. The molecule has 0 bridgehead atoms. The molecule has 0 aromatic carbocycles. The van der Waals surface area contributed by atoms with E-state index in [9.17, 15) is 4.79 Å². The average molecular weight is 318 g/mol. The van der Waals surface area contributed by atoms with Crippen LogP contribution >= 0.6 is 23.1 Å². The zero-order valence-electron chi connectivity index (χ0n) is 12.1. The number of hydrogen-bond acceptors (Lipinski definition) is 7. The van der Waals surface area contributed by atoms with Gasteiger partial charge in [-0.05, 0) is 27.2 Å². The Morgan fingerprint density at radius 3 is 2.95 bits per heavy atom. The van der Waals surface area contributed by atoms with Gasteiger partial charge in [0, 0.05) is 26.3 Å². The second-order valence-electron chi connectivity index (χ2n) is 4.01. The van der Waals surface area contributed by atoms with E-state index in [1.165, 1.54) is 23.1 Å². The van der Waals surface area contributed by atoms with Crippen LogP contribution in [0.5, 0.6) is 0 Å². The van der Waals surface area contributed by atoms with Crippen molar-refractivity contribution in [3.05, 3.63) is 0 Å². The topological polar surface area (TPSA) is 76.1 Å². The fourth-order valence-electron chi connectivity index (χ4n) is 1.36. The average Bonchev–Trinajstić information content (AvgIpc) is 2.86. The maximum absolute atomic E-state index is 11.9. The molecule has 0 aliphatic carbocycles. The van der Waals surface area contributed by atoms with Crippen LogP contribution in [0.2, 0.25) is 0 Å². The Bertz CT molecular complexity index is 401. The molecule has 0 aliphatic heterocycles. The minimum absolute atomic E-state index is 0.0201. The quantitative estimate of drug-likeness (QED) is 0.507. The van der Waals surface area contributed by atoms with E-state index in [0.29, 0.717) is 19.8 Å². The molecule has 114 valence electrons. The Hall–Kier alpha value is -0.860. The molecule has 1 heterocycles. The van der Waals surface area contributed by atoms with E-state index in [1.54, 1.807) is 0 Å². The highest BCUT2D eigenvalue weighted by Gasteiger charge is 2.16. The summed E-state index contributed by atoms with van der Waals surface area (Å²) >= 11 is 2.90. The van der Waals surface area contributed by atoms with Gasteiger partial charge in [-0.1, -0.05) is 23.1 Å². The van der Waals surface area contributed by atoms with Crippen molar-refractivity contribution in [1.29, 1.82) is 0 Å². The predicted octanol–water partition coefficient (Wildman–Crippen LogP) is 1.99. The molecule has 0 saturated heterocycles. The summed E-state index contributed by atoms with van der Waals surface area (Å²) in [4.78, 5) is 11.9. The number of thioether (sulfide) groups is 1. The van der Waals surface area contributed by atoms with Gasteiger partial charge in [-0.3, -0.25) is 4.79 Å². The van der Waals surface area contributed by atoms with Gasteiger partial charge in [-0.25, -0.2) is 0 Å². The van der Waals surface area contributed by atoms with Crippen molar-refractivity contribution in [1.82, 2.24) is 15.5 Å². The lowest BCUT2D eigenvalue weighted by Crippen LogP contribution is -2.32. The van der Waals surface area contributed by atoms with Gasteiger partial charge in [-0.2, -0.15) is 0 Å². The summed E-state index contributed by atoms with van der Waals surface area (Å²) < 4.78 is 6.02. The summed E-state index contributed by atoms with van der Waals surface area (Å²) in [5, 5.41) is 14.7. The third-order valence-corrected chi connectivity index (χ3v) is 4.42. The van der Waals surface area contributed by atoms with Crippen molar-refractivity contribution in [3.8, 4) is 0 Å². The monoisotopic (exact) mass is 318 g/mol. The van der Waals surface area contributed by atoms with Crippen LogP contribution in [0.15, 0.2) is 4.34 Å². The summed E-state index contributed by atoms with van der Waals surface area (Å²) in [5.74, 6) is 0.0201. The van der Waals surface area contributed by atoms with Crippen LogP contribution in [0.3, 0.4) is 0 Å². The molecule has 20 heavy (non-hydrogen) atoms. The van der Waals surface area contributed by atoms with E-state index in [-0.39, 0.29) is 11.2 Å². The summed E-state index contributed by atoms with van der Waals surface area (Å²) in [7, 11) is 0. The maximum atomic E-state index is 11.9. The normalized spacial score (nSPS) is 12.2. The summed E-state index contributed by atoms with van der Waals surface area (Å²) in [5.41, 5.74) is 0. The molecule has 8 heteroatoms. The Morgan fingerprint density at radius 2 is 2.25 bits per heavy atom. The van der Waals surface area contributed by atoms with Gasteiger partial charge in [0.15, 0.2) is 4.34 Å². The second kappa shape index (κ2) is 9.95. The second-order valence-corrected chi connectivity index (χ2v) is 6.57. The fraction of sp³-hybridized carbons (Fsp3) is 0.750. The molecule has 2 N–H and O–H groups in total. The Kier molecular flexibility index (Phi) is 8.56. The smallest absolute Gasteiger partial charge is 0.233 e. The molecule has 1 rings (SSSR count). The first-order valence-corrected chi connectivity index (χ1v) is 8.46. The molecular weight excluding hydrogens is 296 g/mol. The van der Waals surface area contributed by atoms with Crippen molar-refractivity contribution in [3.63, 3.8) is 0 Å². The van der Waals surface area contributed by atoms with Gasteiger partial charge in [0.2, 0.25) is 11.0 Å². The molecule has 0 saturated carbocycles. The van der Waals surface area contributed by atoms with Gasteiger partial charge in [-0.15, -0.1) is 10.2 Å². The van der Waals surface area contributed by atoms with Crippen LogP contribution in [0, 0.1) is 0 Å². The molecule has 1 aromatic rings. The lowest BCUT2D eigenvalue weighted by atomic mass is 10.4. The van der Waals surface area contributed by atoms with Gasteiger partial charge in [0.25, 0.3) is 0 Å². The van der Waals surface area contributed by atoms with Crippen molar-refractivity contribution < 1.29 is 9.53 Å². The van der Waals surface area contributed by atoms with E-state index < -0.39 is 0 Å². The highest BCUT2D eigenvalue weighted by Crippen LogP contribution is 2.28. The predicted molar refractivity (Wildman–Crippen MR) is 83.5 cm³/mol. The standard InChI is InChI=1S/C12H22N4O2S2/c1-4-13-11-15-16-12(20-11)19-9(3)10(17)14-7-6-8-18-5-2/h9H,4-8H2,1-3H3,(H,13,15)(H,14,17). The Labute approximate surface area is 128 Å². The first kappa shape index (κ1) is 17.2. The zero-order valence-corrected chi connectivity index (χ0v) is 13.8. The number of hydrogen-bond donors (Lipinski definition) is 2. The highest BCUT2D eigenvalue weighted by molar-refractivity contribution is 8.02.